The molecular formula is C29H32FN3O3. The van der Waals surface area contributed by atoms with Crippen LogP contribution < -0.4 is 11.3 Å². The number of benzene rings is 1. The third-order valence-corrected chi connectivity index (χ3v) is 8.25. The first-order valence-electron chi connectivity index (χ1n) is 12.9. The summed E-state index contributed by atoms with van der Waals surface area (Å²) in [7, 11) is 0. The quantitative estimate of drug-likeness (QED) is 0.439. The van der Waals surface area contributed by atoms with E-state index in [9.17, 15) is 14.0 Å². The molecule has 3 aromatic rings. The van der Waals surface area contributed by atoms with E-state index in [1.54, 1.807) is 4.57 Å². The number of halogens is 1. The number of aromatic nitrogens is 2. The molecule has 0 radical (unpaired) electrons. The molecule has 0 unspecified atom stereocenters. The lowest BCUT2D eigenvalue weighted by atomic mass is 9.76. The Morgan fingerprint density at radius 1 is 1.17 bits per heavy atom. The Balaban J connectivity index is 1.66. The molecule has 0 amide bonds. The normalized spacial score (nSPS) is 22.5. The Hall–Kier alpha value is -2.90. The number of ketones is 1. The van der Waals surface area contributed by atoms with Crippen LogP contribution in [0.3, 0.4) is 0 Å². The molecule has 7 heteroatoms. The zero-order valence-corrected chi connectivity index (χ0v) is 21.5. The highest BCUT2D eigenvalue weighted by Gasteiger charge is 2.48. The van der Waals surface area contributed by atoms with E-state index in [4.69, 9.17) is 15.5 Å². The molecule has 1 aromatic carbocycles. The van der Waals surface area contributed by atoms with E-state index in [-0.39, 0.29) is 29.6 Å². The molecule has 0 saturated carbocycles. The maximum Gasteiger partial charge on any atom is 0.254 e. The van der Waals surface area contributed by atoms with Gasteiger partial charge in [-0.05, 0) is 76.1 Å². The topological polar surface area (TPSA) is 87.2 Å². The summed E-state index contributed by atoms with van der Waals surface area (Å²) in [5.74, 6) is -0.276. The van der Waals surface area contributed by atoms with Crippen molar-refractivity contribution in [2.75, 3.05) is 0 Å². The number of hydrogen-bond acceptors (Lipinski definition) is 5. The average Bonchev–Trinajstić information content (AvgIpc) is 3.18. The van der Waals surface area contributed by atoms with E-state index in [1.807, 2.05) is 40.7 Å². The summed E-state index contributed by atoms with van der Waals surface area (Å²) in [6, 6.07) is 3.21. The third kappa shape index (κ3) is 3.05. The van der Waals surface area contributed by atoms with Gasteiger partial charge in [-0.1, -0.05) is 6.92 Å². The van der Waals surface area contributed by atoms with Crippen LogP contribution in [0.15, 0.2) is 16.9 Å². The van der Waals surface area contributed by atoms with E-state index in [0.717, 1.165) is 28.5 Å². The molecule has 0 spiro atoms. The van der Waals surface area contributed by atoms with Crippen molar-refractivity contribution in [1.82, 2.24) is 9.55 Å². The van der Waals surface area contributed by atoms with Crippen molar-refractivity contribution >= 4 is 16.7 Å². The van der Waals surface area contributed by atoms with Crippen LogP contribution in [0.4, 0.5) is 4.39 Å². The Kier molecular flexibility index (Phi) is 4.93. The van der Waals surface area contributed by atoms with Crippen molar-refractivity contribution in [2.45, 2.75) is 90.5 Å². The summed E-state index contributed by atoms with van der Waals surface area (Å²) in [5.41, 5.74) is 11.5. The van der Waals surface area contributed by atoms with Gasteiger partial charge in [-0.25, -0.2) is 9.37 Å². The van der Waals surface area contributed by atoms with Gasteiger partial charge in [0.2, 0.25) is 0 Å². The lowest BCUT2D eigenvalue weighted by Gasteiger charge is -2.41. The molecule has 2 N–H and O–H groups in total. The monoisotopic (exact) mass is 489 g/mol. The number of pyridine rings is 2. The molecule has 3 heterocycles. The number of carbonyl (C=O) groups is 1. The Morgan fingerprint density at radius 3 is 2.61 bits per heavy atom. The van der Waals surface area contributed by atoms with E-state index in [0.29, 0.717) is 59.4 Å². The summed E-state index contributed by atoms with van der Waals surface area (Å²) < 4.78 is 23.1. The van der Waals surface area contributed by atoms with Gasteiger partial charge in [0, 0.05) is 40.6 Å². The number of nitrogens with two attached hydrogens (primary N) is 1. The van der Waals surface area contributed by atoms with Crippen LogP contribution in [0.1, 0.15) is 86.4 Å². The largest absolute Gasteiger partial charge is 0.357 e. The van der Waals surface area contributed by atoms with Crippen molar-refractivity contribution in [1.29, 1.82) is 0 Å². The molecule has 1 aliphatic heterocycles. The Morgan fingerprint density at radius 2 is 1.92 bits per heavy atom. The summed E-state index contributed by atoms with van der Waals surface area (Å²) in [4.78, 5) is 32.2. The second kappa shape index (κ2) is 7.56. The van der Waals surface area contributed by atoms with E-state index in [1.165, 1.54) is 6.07 Å². The number of carbonyl (C=O) groups excluding carboxylic acids is 1. The molecule has 2 atom stereocenters. The highest BCUT2D eigenvalue weighted by atomic mass is 19.1. The molecule has 6 nitrogen and oxygen atoms in total. The first-order chi connectivity index (χ1) is 17.0. The van der Waals surface area contributed by atoms with Gasteiger partial charge in [0.05, 0.1) is 29.1 Å². The van der Waals surface area contributed by atoms with E-state index in [2.05, 4.69) is 0 Å². The molecule has 3 aliphatic rings. The zero-order valence-electron chi connectivity index (χ0n) is 21.5. The van der Waals surface area contributed by atoms with Crippen molar-refractivity contribution in [3.63, 3.8) is 0 Å². The second-order valence-electron chi connectivity index (χ2n) is 11.5. The highest BCUT2D eigenvalue weighted by molar-refractivity contribution is 5.94. The molecule has 2 aliphatic carbocycles. The highest BCUT2D eigenvalue weighted by Crippen LogP contribution is 2.46. The summed E-state index contributed by atoms with van der Waals surface area (Å²) >= 11 is 0. The minimum absolute atomic E-state index is 0.000712. The second-order valence-corrected chi connectivity index (χ2v) is 11.5. The first-order valence-corrected chi connectivity index (χ1v) is 12.9. The van der Waals surface area contributed by atoms with E-state index < -0.39 is 11.2 Å². The molecular weight excluding hydrogens is 457 g/mol. The predicted octanol–water partition coefficient (Wildman–Crippen LogP) is 4.75. The minimum Gasteiger partial charge on any atom is -0.357 e. The molecule has 2 aromatic heterocycles. The molecule has 6 rings (SSSR count). The summed E-state index contributed by atoms with van der Waals surface area (Å²) in [6.07, 6.45) is 2.54. The fourth-order valence-electron chi connectivity index (χ4n) is 6.67. The Bertz CT molecular complexity index is 1550. The maximum absolute atomic E-state index is 14.9. The smallest absolute Gasteiger partial charge is 0.254 e. The molecule has 0 fully saturated rings. The number of Topliss-reactive ketones (excluding diaryl/α,β-unsaturated/α-hetero) is 1. The SMILES string of the molecule is CC[C@@]1(OC(C)(C)C)C(=O)CCc2c1cc1n(c2=O)Cc2c-1nc1cc(F)c(C)c3c1c2[C@@H](N)CC3. The van der Waals surface area contributed by atoms with Crippen LogP contribution in [-0.4, -0.2) is 20.9 Å². The summed E-state index contributed by atoms with van der Waals surface area (Å²) in [5, 5.41) is 0.936. The summed E-state index contributed by atoms with van der Waals surface area (Å²) in [6.45, 7) is 9.90. The third-order valence-electron chi connectivity index (χ3n) is 8.25. The standard InChI is InChI=1S/C29H32FN3O3/c1-6-29(36-28(3,4)5)18-11-22-26-17(13-33(22)27(35)16(18)8-10-23(29)34)24-20(31)9-7-15-14(2)19(30)12-21(32-26)25(15)24/h11-12,20H,6-10,13,31H2,1-5H3/t20-,29-/m0/s1. The number of fused-ring (bicyclic) bond motifs is 5. The number of aryl methyl sites for hydroxylation is 1. The van der Waals surface area contributed by atoms with Crippen LogP contribution in [0.2, 0.25) is 0 Å². The van der Waals surface area contributed by atoms with Crippen molar-refractivity contribution in [2.24, 2.45) is 5.73 Å². The lowest BCUT2D eigenvalue weighted by Crippen LogP contribution is -2.48. The van der Waals surface area contributed by atoms with Crippen LogP contribution in [-0.2, 0) is 34.5 Å². The number of rotatable bonds is 2. The van der Waals surface area contributed by atoms with Gasteiger partial charge < -0.3 is 15.0 Å². The van der Waals surface area contributed by atoms with Crippen LogP contribution in [0, 0.1) is 12.7 Å². The van der Waals surface area contributed by atoms with Gasteiger partial charge in [0.25, 0.3) is 5.56 Å². The Labute approximate surface area is 209 Å². The predicted molar refractivity (Wildman–Crippen MR) is 137 cm³/mol. The van der Waals surface area contributed by atoms with Gasteiger partial charge in [0.1, 0.15) is 5.82 Å². The fourth-order valence-corrected chi connectivity index (χ4v) is 6.67. The van der Waals surface area contributed by atoms with Crippen molar-refractivity contribution in [3.05, 3.63) is 61.7 Å². The van der Waals surface area contributed by atoms with E-state index >= 15 is 0 Å². The van der Waals surface area contributed by atoms with Gasteiger partial charge >= 0.3 is 0 Å². The fraction of sp³-hybridized carbons (Fsp3) is 0.483. The number of ether oxygens (including phenoxy) is 1. The molecule has 0 bridgehead atoms. The van der Waals surface area contributed by atoms with Crippen molar-refractivity contribution in [3.8, 4) is 11.4 Å². The van der Waals surface area contributed by atoms with Crippen LogP contribution in [0.5, 0.6) is 0 Å². The average molecular weight is 490 g/mol. The maximum atomic E-state index is 14.9. The number of nitrogens with zero attached hydrogens (tertiary/aromatic N) is 2. The minimum atomic E-state index is -1.18. The van der Waals surface area contributed by atoms with Gasteiger partial charge in [0.15, 0.2) is 11.4 Å². The molecule has 0 saturated heterocycles. The van der Waals surface area contributed by atoms with Gasteiger partial charge in [-0.3, -0.25) is 9.59 Å². The van der Waals surface area contributed by atoms with Crippen molar-refractivity contribution < 1.29 is 13.9 Å². The van der Waals surface area contributed by atoms with Gasteiger partial charge in [-0.15, -0.1) is 0 Å². The van der Waals surface area contributed by atoms with Crippen LogP contribution >= 0.6 is 0 Å². The molecule has 36 heavy (non-hydrogen) atoms. The first kappa shape index (κ1) is 23.5. The lowest BCUT2D eigenvalue weighted by molar-refractivity contribution is -0.171. The number of hydrogen-bond donors (Lipinski definition) is 1. The van der Waals surface area contributed by atoms with Crippen LogP contribution in [0.25, 0.3) is 22.3 Å². The zero-order chi connectivity index (χ0) is 25.7. The molecule has 188 valence electrons. The van der Waals surface area contributed by atoms with Gasteiger partial charge in [-0.2, -0.15) is 0 Å².